The molecule has 32 heavy (non-hydrogen) atoms. The molecular formula is C22H20F3N3O4. The molecule has 0 aliphatic rings. The summed E-state index contributed by atoms with van der Waals surface area (Å²) in [6, 6.07) is 9.16. The summed E-state index contributed by atoms with van der Waals surface area (Å²) in [5, 5.41) is 6.66. The van der Waals surface area contributed by atoms with E-state index in [9.17, 15) is 22.8 Å². The number of aromatic nitrogens is 2. The highest BCUT2D eigenvalue weighted by Crippen LogP contribution is 2.31. The zero-order valence-corrected chi connectivity index (χ0v) is 17.7. The molecule has 0 aliphatic carbocycles. The topological polar surface area (TPSA) is 82.5 Å². The van der Waals surface area contributed by atoms with E-state index in [0.29, 0.717) is 17.2 Å². The number of methoxy groups -OCH3 is 2. The van der Waals surface area contributed by atoms with Crippen molar-refractivity contribution in [1.82, 2.24) is 9.78 Å². The molecule has 1 amide bonds. The molecular weight excluding hydrogens is 427 g/mol. The molecule has 2 aromatic carbocycles. The fourth-order valence-electron chi connectivity index (χ4n) is 3.25. The van der Waals surface area contributed by atoms with Crippen LogP contribution in [0.15, 0.2) is 42.5 Å². The number of hydrogen-bond acceptors (Lipinski definition) is 5. The molecule has 0 unspecified atom stereocenters. The lowest BCUT2D eigenvalue weighted by Crippen LogP contribution is -2.24. The van der Waals surface area contributed by atoms with Crippen LogP contribution in [0.3, 0.4) is 0 Å². The normalized spacial score (nSPS) is 11.2. The van der Waals surface area contributed by atoms with Gasteiger partial charge in [0.1, 0.15) is 0 Å². The van der Waals surface area contributed by atoms with Crippen molar-refractivity contribution in [2.24, 2.45) is 0 Å². The molecule has 10 heteroatoms. The van der Waals surface area contributed by atoms with Crippen LogP contribution in [0.2, 0.25) is 0 Å². The van der Waals surface area contributed by atoms with E-state index in [1.165, 1.54) is 57.0 Å². The molecule has 0 aliphatic heterocycles. The molecule has 0 radical (unpaired) electrons. The maximum Gasteiger partial charge on any atom is 0.416 e. The summed E-state index contributed by atoms with van der Waals surface area (Å²) < 4.78 is 50.7. The van der Waals surface area contributed by atoms with Gasteiger partial charge in [0.15, 0.2) is 11.5 Å². The minimum atomic E-state index is -4.52. The van der Waals surface area contributed by atoms with Gasteiger partial charge in [-0.2, -0.15) is 18.3 Å². The number of benzene rings is 2. The zero-order chi connectivity index (χ0) is 23.6. The Morgan fingerprint density at radius 1 is 1.00 bits per heavy atom. The summed E-state index contributed by atoms with van der Waals surface area (Å²) in [7, 11) is 2.90. The summed E-state index contributed by atoms with van der Waals surface area (Å²) in [5.74, 6) is -0.978. The van der Waals surface area contributed by atoms with Crippen LogP contribution in [0.5, 0.6) is 11.5 Å². The molecule has 0 atom stereocenters. The third kappa shape index (κ3) is 4.43. The van der Waals surface area contributed by atoms with Gasteiger partial charge in [0.05, 0.1) is 42.4 Å². The number of ketones is 1. The summed E-state index contributed by atoms with van der Waals surface area (Å²) in [4.78, 5) is 25.4. The summed E-state index contributed by atoms with van der Waals surface area (Å²) in [6.45, 7) is 3.02. The number of halogens is 3. The van der Waals surface area contributed by atoms with Gasteiger partial charge in [0.25, 0.3) is 11.7 Å². The second-order valence-corrected chi connectivity index (χ2v) is 6.86. The van der Waals surface area contributed by atoms with E-state index < -0.39 is 23.4 Å². The van der Waals surface area contributed by atoms with Crippen molar-refractivity contribution in [3.05, 3.63) is 65.0 Å². The largest absolute Gasteiger partial charge is 0.493 e. The van der Waals surface area contributed by atoms with Gasteiger partial charge in [-0.3, -0.25) is 9.59 Å². The Labute approximate surface area is 181 Å². The van der Waals surface area contributed by atoms with Gasteiger partial charge in [0, 0.05) is 11.8 Å². The van der Waals surface area contributed by atoms with Crippen LogP contribution < -0.4 is 14.8 Å². The summed E-state index contributed by atoms with van der Waals surface area (Å²) >= 11 is 0. The minimum absolute atomic E-state index is 0.0142. The molecule has 1 N–H and O–H groups in total. The predicted octanol–water partition coefficient (Wildman–Crippen LogP) is 4.35. The fourth-order valence-corrected chi connectivity index (χ4v) is 3.25. The number of rotatable bonds is 6. The van der Waals surface area contributed by atoms with E-state index >= 15 is 0 Å². The van der Waals surface area contributed by atoms with E-state index in [-0.39, 0.29) is 22.6 Å². The molecule has 0 saturated heterocycles. The quantitative estimate of drug-likeness (QED) is 0.449. The van der Waals surface area contributed by atoms with Gasteiger partial charge in [-0.15, -0.1) is 0 Å². The van der Waals surface area contributed by atoms with Crippen molar-refractivity contribution in [1.29, 1.82) is 0 Å². The van der Waals surface area contributed by atoms with Gasteiger partial charge in [-0.1, -0.05) is 6.07 Å². The van der Waals surface area contributed by atoms with Crippen molar-refractivity contribution >= 4 is 17.4 Å². The Morgan fingerprint density at radius 3 is 2.31 bits per heavy atom. The van der Waals surface area contributed by atoms with Crippen LogP contribution in [0.4, 0.5) is 18.9 Å². The third-order valence-corrected chi connectivity index (χ3v) is 4.78. The Morgan fingerprint density at radius 2 is 1.69 bits per heavy atom. The molecule has 0 bridgehead atoms. The fraction of sp³-hybridized carbons (Fsp3) is 0.227. The standard InChI is InChI=1S/C22H20F3N3O4/c1-12-19(13(2)28(27-12)16-7-5-6-14(10-16)22(23,24)25)20(29)21(30)26-15-8-9-17(31-3)18(11-15)32-4/h5-11H,1-4H3,(H,26,30). The van der Waals surface area contributed by atoms with Crippen LogP contribution in [0.25, 0.3) is 5.69 Å². The second-order valence-electron chi connectivity index (χ2n) is 6.86. The number of nitrogens with one attached hydrogen (secondary N) is 1. The molecule has 1 heterocycles. The number of alkyl halides is 3. The SMILES string of the molecule is COc1ccc(NC(=O)C(=O)c2c(C)nn(-c3cccc(C(F)(F)F)c3)c2C)cc1OC. The van der Waals surface area contributed by atoms with Crippen molar-refractivity contribution in [3.63, 3.8) is 0 Å². The number of Topliss-reactive ketones (excluding diaryl/α,β-unsaturated/α-hetero) is 1. The highest BCUT2D eigenvalue weighted by molar-refractivity contribution is 6.47. The lowest BCUT2D eigenvalue weighted by atomic mass is 10.1. The smallest absolute Gasteiger partial charge is 0.416 e. The molecule has 168 valence electrons. The second kappa shape index (κ2) is 8.74. The Hall–Kier alpha value is -3.82. The van der Waals surface area contributed by atoms with E-state index in [2.05, 4.69) is 10.4 Å². The van der Waals surface area contributed by atoms with Crippen molar-refractivity contribution in [2.75, 3.05) is 19.5 Å². The monoisotopic (exact) mass is 447 g/mol. The maximum absolute atomic E-state index is 13.1. The highest BCUT2D eigenvalue weighted by atomic mass is 19.4. The van der Waals surface area contributed by atoms with Crippen molar-refractivity contribution < 1.29 is 32.2 Å². The number of ether oxygens (including phenoxy) is 2. The van der Waals surface area contributed by atoms with Gasteiger partial charge in [-0.25, -0.2) is 4.68 Å². The molecule has 3 rings (SSSR count). The van der Waals surface area contributed by atoms with E-state index in [1.54, 1.807) is 6.07 Å². The van der Waals surface area contributed by atoms with Crippen LogP contribution in [-0.2, 0) is 11.0 Å². The molecule has 0 fully saturated rings. The van der Waals surface area contributed by atoms with Gasteiger partial charge in [-0.05, 0) is 44.2 Å². The molecule has 7 nitrogen and oxygen atoms in total. The Kier molecular flexibility index (Phi) is 6.24. The summed E-state index contributed by atoms with van der Waals surface area (Å²) in [5.41, 5.74) is 0.0602. The number of carbonyl (C=O) groups excluding carboxylic acids is 2. The molecule has 1 aromatic heterocycles. The van der Waals surface area contributed by atoms with Crippen LogP contribution in [0.1, 0.15) is 27.3 Å². The zero-order valence-electron chi connectivity index (χ0n) is 17.7. The van der Waals surface area contributed by atoms with Crippen LogP contribution in [0, 0.1) is 13.8 Å². The van der Waals surface area contributed by atoms with Gasteiger partial charge in [0.2, 0.25) is 0 Å². The van der Waals surface area contributed by atoms with Crippen molar-refractivity contribution in [3.8, 4) is 17.2 Å². The lowest BCUT2D eigenvalue weighted by Gasteiger charge is -2.11. The number of aryl methyl sites for hydroxylation is 1. The first-order valence-electron chi connectivity index (χ1n) is 9.38. The number of anilines is 1. The Balaban J connectivity index is 1.90. The van der Waals surface area contributed by atoms with Crippen molar-refractivity contribution in [2.45, 2.75) is 20.0 Å². The summed E-state index contributed by atoms with van der Waals surface area (Å²) in [6.07, 6.45) is -4.52. The third-order valence-electron chi connectivity index (χ3n) is 4.78. The maximum atomic E-state index is 13.1. The van der Waals surface area contributed by atoms with Gasteiger partial charge >= 0.3 is 6.18 Å². The van der Waals surface area contributed by atoms with E-state index in [1.807, 2.05) is 0 Å². The highest BCUT2D eigenvalue weighted by Gasteiger charge is 2.31. The van der Waals surface area contributed by atoms with Crippen LogP contribution in [-0.4, -0.2) is 35.7 Å². The first kappa shape index (κ1) is 22.9. The average molecular weight is 447 g/mol. The van der Waals surface area contributed by atoms with Crippen LogP contribution >= 0.6 is 0 Å². The first-order valence-corrected chi connectivity index (χ1v) is 9.38. The number of amides is 1. The number of nitrogens with zero attached hydrogens (tertiary/aromatic N) is 2. The molecule has 3 aromatic rings. The first-order chi connectivity index (χ1) is 15.1. The van der Waals surface area contributed by atoms with E-state index in [4.69, 9.17) is 9.47 Å². The number of hydrogen-bond donors (Lipinski definition) is 1. The average Bonchev–Trinajstić information content (AvgIpc) is 3.06. The molecule has 0 spiro atoms. The minimum Gasteiger partial charge on any atom is -0.493 e. The predicted molar refractivity (Wildman–Crippen MR) is 111 cm³/mol. The van der Waals surface area contributed by atoms with E-state index in [0.717, 1.165) is 12.1 Å². The Bertz CT molecular complexity index is 1190. The number of carbonyl (C=O) groups is 2. The lowest BCUT2D eigenvalue weighted by molar-refractivity contribution is -0.137. The van der Waals surface area contributed by atoms with Gasteiger partial charge < -0.3 is 14.8 Å². The molecule has 0 saturated carbocycles.